The van der Waals surface area contributed by atoms with E-state index in [2.05, 4.69) is 26.8 Å². The molecule has 9 nitrogen and oxygen atoms in total. The van der Waals surface area contributed by atoms with E-state index in [0.717, 1.165) is 102 Å². The van der Waals surface area contributed by atoms with Gasteiger partial charge in [0.1, 0.15) is 29.2 Å². The molecular formula is C44H55Cl4N3O6. The maximum atomic E-state index is 12.4. The van der Waals surface area contributed by atoms with Crippen molar-refractivity contribution in [1.29, 1.82) is 0 Å². The van der Waals surface area contributed by atoms with Crippen molar-refractivity contribution in [3.05, 3.63) is 91.9 Å². The van der Waals surface area contributed by atoms with Crippen LogP contribution in [0.1, 0.15) is 62.5 Å². The Morgan fingerprint density at radius 2 is 1.05 bits per heavy atom. The van der Waals surface area contributed by atoms with Crippen molar-refractivity contribution in [2.75, 3.05) is 52.4 Å². The molecule has 3 aliphatic heterocycles. The van der Waals surface area contributed by atoms with Crippen LogP contribution in [-0.2, 0) is 17.6 Å². The van der Waals surface area contributed by atoms with Gasteiger partial charge in [0, 0.05) is 64.2 Å². The molecule has 0 bridgehead atoms. The summed E-state index contributed by atoms with van der Waals surface area (Å²) in [6, 6.07) is 19.0. The first-order valence-electron chi connectivity index (χ1n) is 20.5. The molecule has 3 saturated heterocycles. The van der Waals surface area contributed by atoms with Crippen LogP contribution in [0.15, 0.2) is 60.7 Å². The molecule has 3 aromatic rings. The number of hydrogen-bond acceptors (Lipinski definition) is 8. The Labute approximate surface area is 356 Å². The van der Waals surface area contributed by atoms with E-state index in [-0.39, 0.29) is 12.2 Å². The Morgan fingerprint density at radius 3 is 1.47 bits per heavy atom. The minimum Gasteiger partial charge on any atom is -0.490 e. The van der Waals surface area contributed by atoms with Gasteiger partial charge in [-0.1, -0.05) is 70.7 Å². The number of aliphatic hydroxyl groups is 2. The summed E-state index contributed by atoms with van der Waals surface area (Å²) in [5.74, 6) is 1.89. The molecule has 2 aliphatic carbocycles. The van der Waals surface area contributed by atoms with Crippen LogP contribution in [0.3, 0.4) is 0 Å². The zero-order valence-corrected chi connectivity index (χ0v) is 35.4. The number of benzene rings is 3. The number of likely N-dealkylation sites (tertiary alicyclic amines) is 3. The fourth-order valence-electron chi connectivity index (χ4n) is 9.53. The summed E-state index contributed by atoms with van der Waals surface area (Å²) < 4.78 is 12.1. The van der Waals surface area contributed by atoms with Crippen LogP contribution in [0.5, 0.6) is 11.5 Å². The van der Waals surface area contributed by atoms with Gasteiger partial charge in [0.2, 0.25) is 0 Å². The van der Waals surface area contributed by atoms with E-state index in [1.54, 1.807) is 24.3 Å². The smallest absolute Gasteiger partial charge is 0.324 e. The lowest BCUT2D eigenvalue weighted by Crippen LogP contribution is -2.58. The van der Waals surface area contributed by atoms with E-state index in [9.17, 15) is 20.1 Å². The van der Waals surface area contributed by atoms with Gasteiger partial charge >= 0.3 is 5.97 Å². The molecule has 0 spiro atoms. The molecule has 310 valence electrons. The van der Waals surface area contributed by atoms with Crippen LogP contribution >= 0.6 is 46.4 Å². The van der Waals surface area contributed by atoms with Gasteiger partial charge in [-0.25, -0.2) is 0 Å². The summed E-state index contributed by atoms with van der Waals surface area (Å²) in [6.45, 7) is 7.79. The molecule has 57 heavy (non-hydrogen) atoms. The second-order valence-corrected chi connectivity index (χ2v) is 18.4. The van der Waals surface area contributed by atoms with Crippen molar-refractivity contribution in [2.24, 2.45) is 11.8 Å². The van der Waals surface area contributed by atoms with Gasteiger partial charge in [-0.2, -0.15) is 0 Å². The van der Waals surface area contributed by atoms with Crippen molar-refractivity contribution in [3.63, 3.8) is 0 Å². The van der Waals surface area contributed by atoms with Crippen molar-refractivity contribution in [2.45, 2.75) is 94.2 Å². The Hall–Kier alpha value is -2.31. The quantitative estimate of drug-likeness (QED) is 0.186. The highest BCUT2D eigenvalue weighted by Crippen LogP contribution is 2.38. The monoisotopic (exact) mass is 861 g/mol. The SMILES string of the molecule is O=C(O)C1(N2CCC(CN3CCC(Oc4ccc(Cl)c(Cl)c4)CC3)CC2)Cc2ccccc2C1.OC1CC(CN2CCC(Oc3ccc(Cl)c(Cl)c3)CC2)CC1O. The summed E-state index contributed by atoms with van der Waals surface area (Å²) in [4.78, 5) is 19.6. The summed E-state index contributed by atoms with van der Waals surface area (Å²) >= 11 is 24.0. The molecule has 8 rings (SSSR count). The van der Waals surface area contributed by atoms with Crippen molar-refractivity contribution in [1.82, 2.24) is 14.7 Å². The van der Waals surface area contributed by atoms with Crippen LogP contribution in [0.25, 0.3) is 0 Å². The number of ether oxygens (including phenoxy) is 2. The highest BCUT2D eigenvalue weighted by molar-refractivity contribution is 6.42. The Kier molecular flexibility index (Phi) is 14.6. The van der Waals surface area contributed by atoms with Gasteiger partial charge in [0.25, 0.3) is 0 Å². The van der Waals surface area contributed by atoms with Gasteiger partial charge in [-0.15, -0.1) is 0 Å². The lowest BCUT2D eigenvalue weighted by molar-refractivity contribution is -0.152. The first-order chi connectivity index (χ1) is 27.4. The van der Waals surface area contributed by atoms with Crippen molar-refractivity contribution < 1.29 is 29.6 Å². The van der Waals surface area contributed by atoms with E-state index in [1.165, 1.54) is 11.1 Å². The molecular weight excluding hydrogens is 808 g/mol. The lowest BCUT2D eigenvalue weighted by atomic mass is 9.87. The van der Waals surface area contributed by atoms with Crippen LogP contribution in [0.2, 0.25) is 20.1 Å². The lowest BCUT2D eigenvalue weighted by Gasteiger charge is -2.43. The molecule has 5 aliphatic rings. The van der Waals surface area contributed by atoms with Gasteiger partial charge in [0.05, 0.1) is 32.3 Å². The van der Waals surface area contributed by atoms with Crippen LogP contribution < -0.4 is 9.47 Å². The van der Waals surface area contributed by atoms with E-state index in [0.29, 0.717) is 57.6 Å². The number of fused-ring (bicyclic) bond motifs is 1. The zero-order valence-electron chi connectivity index (χ0n) is 32.4. The number of halogens is 4. The molecule has 3 N–H and O–H groups in total. The number of carbonyl (C=O) groups is 1. The van der Waals surface area contributed by atoms with Crippen LogP contribution in [0.4, 0.5) is 0 Å². The molecule has 2 atom stereocenters. The predicted molar refractivity (Wildman–Crippen MR) is 226 cm³/mol. The fraction of sp³-hybridized carbons (Fsp3) is 0.568. The molecule has 1 saturated carbocycles. The number of aliphatic hydroxyl groups excluding tert-OH is 2. The maximum absolute atomic E-state index is 12.4. The van der Waals surface area contributed by atoms with Gasteiger partial charge in [-0.05, 0) is 112 Å². The standard InChI is InChI=1S/C27H32Cl2N2O3.C17H23Cl2NO3/c28-24-6-5-23(15-25(24)29)34-22-9-11-30(12-10-22)18-19-7-13-31(14-8-19)27(26(32)33)16-20-3-1-2-4-21(20)17-27;18-14-2-1-13(9-15(14)19)23-12-3-5-20(6-4-12)10-11-7-16(21)17(22)8-11/h1-6,15,19,22H,7-14,16-18H2,(H,32,33);1-2,9,11-12,16-17,21-22H,3-8,10H2. The Morgan fingerprint density at radius 1 is 0.614 bits per heavy atom. The molecule has 3 heterocycles. The minimum absolute atomic E-state index is 0.197. The average molecular weight is 864 g/mol. The first-order valence-corrected chi connectivity index (χ1v) is 22.0. The van der Waals surface area contributed by atoms with Crippen LogP contribution in [0, 0.1) is 11.8 Å². The summed E-state index contributed by atoms with van der Waals surface area (Å²) in [5.41, 5.74) is 1.62. The molecule has 3 aromatic carbocycles. The molecule has 13 heteroatoms. The maximum Gasteiger partial charge on any atom is 0.324 e. The summed E-state index contributed by atoms with van der Waals surface area (Å²) in [6.07, 6.45) is 8.03. The number of aliphatic carboxylic acids is 1. The highest BCUT2D eigenvalue weighted by atomic mass is 35.5. The zero-order chi connectivity index (χ0) is 40.1. The van der Waals surface area contributed by atoms with Gasteiger partial charge < -0.3 is 34.6 Å². The molecule has 0 aromatic heterocycles. The Bertz CT molecular complexity index is 1780. The largest absolute Gasteiger partial charge is 0.490 e. The molecule has 0 amide bonds. The van der Waals surface area contributed by atoms with Crippen molar-refractivity contribution in [3.8, 4) is 11.5 Å². The second-order valence-electron chi connectivity index (χ2n) is 16.7. The highest BCUT2D eigenvalue weighted by Gasteiger charge is 2.49. The predicted octanol–water partition coefficient (Wildman–Crippen LogP) is 8.14. The number of piperidine rings is 3. The first kappa shape index (κ1) is 42.8. The normalized spacial score (nSPS) is 25.1. The fourth-order valence-corrected chi connectivity index (χ4v) is 10.1. The number of rotatable bonds is 10. The van der Waals surface area contributed by atoms with Gasteiger partial charge in [0.15, 0.2) is 0 Å². The second kappa shape index (κ2) is 19.4. The summed E-state index contributed by atoms with van der Waals surface area (Å²) in [7, 11) is 0. The topological polar surface area (TPSA) is 106 Å². The Balaban J connectivity index is 0.000000188. The minimum atomic E-state index is -0.769. The third kappa shape index (κ3) is 10.9. The molecule has 4 fully saturated rings. The third-order valence-corrected chi connectivity index (χ3v) is 14.3. The van der Waals surface area contributed by atoms with E-state index < -0.39 is 23.7 Å². The van der Waals surface area contributed by atoms with E-state index in [4.69, 9.17) is 55.9 Å². The number of nitrogens with zero attached hydrogens (tertiary/aromatic N) is 3. The number of carboxylic acids is 1. The molecule has 0 radical (unpaired) electrons. The van der Waals surface area contributed by atoms with Crippen LogP contribution in [-0.4, -0.2) is 118 Å². The van der Waals surface area contributed by atoms with E-state index in [1.807, 2.05) is 24.3 Å². The summed E-state index contributed by atoms with van der Waals surface area (Å²) in [5, 5.41) is 31.6. The number of hydrogen-bond donors (Lipinski definition) is 3. The van der Waals surface area contributed by atoms with Crippen molar-refractivity contribution >= 4 is 52.4 Å². The van der Waals surface area contributed by atoms with E-state index >= 15 is 0 Å². The molecule has 2 unspecified atom stereocenters. The average Bonchev–Trinajstić information content (AvgIpc) is 3.76. The number of carboxylic acid groups (broad SMARTS) is 1. The third-order valence-electron chi connectivity index (χ3n) is 12.8. The van der Waals surface area contributed by atoms with Gasteiger partial charge in [-0.3, -0.25) is 9.69 Å².